The van der Waals surface area contributed by atoms with E-state index in [9.17, 15) is 4.79 Å². The van der Waals surface area contributed by atoms with Crippen molar-refractivity contribution in [3.05, 3.63) is 57.8 Å². The lowest BCUT2D eigenvalue weighted by atomic mass is 10.2. The van der Waals surface area contributed by atoms with Crippen LogP contribution in [0.3, 0.4) is 0 Å². The molecule has 3 aromatic rings. The third-order valence-electron chi connectivity index (χ3n) is 3.23. The highest BCUT2D eigenvalue weighted by molar-refractivity contribution is 9.10. The third-order valence-corrected chi connectivity index (χ3v) is 5.02. The average Bonchev–Trinajstić information content (AvgIpc) is 2.55. The Morgan fingerprint density at radius 2 is 2.04 bits per heavy atom. The zero-order chi connectivity index (χ0) is 17.1. The molecule has 1 aromatic heterocycles. The van der Waals surface area contributed by atoms with Gasteiger partial charge in [-0.15, -0.1) is 0 Å². The summed E-state index contributed by atoms with van der Waals surface area (Å²) in [6, 6.07) is 13.1. The highest BCUT2D eigenvalue weighted by atomic mass is 79.9. The van der Waals surface area contributed by atoms with Crippen molar-refractivity contribution in [1.82, 2.24) is 9.97 Å². The van der Waals surface area contributed by atoms with E-state index in [-0.39, 0.29) is 11.7 Å². The molecule has 122 valence electrons. The van der Waals surface area contributed by atoms with Crippen molar-refractivity contribution in [1.29, 1.82) is 0 Å². The van der Waals surface area contributed by atoms with E-state index in [2.05, 4.69) is 31.2 Å². The van der Waals surface area contributed by atoms with Crippen LogP contribution < -0.4 is 5.32 Å². The molecule has 0 aliphatic heterocycles. The van der Waals surface area contributed by atoms with Crippen LogP contribution in [0.1, 0.15) is 5.82 Å². The molecule has 0 aliphatic rings. The van der Waals surface area contributed by atoms with Crippen molar-refractivity contribution >= 4 is 61.8 Å². The van der Waals surface area contributed by atoms with Gasteiger partial charge < -0.3 is 5.32 Å². The molecule has 0 atom stereocenters. The quantitative estimate of drug-likeness (QED) is 0.470. The minimum absolute atomic E-state index is 0.135. The molecule has 1 N–H and O–H groups in total. The summed E-state index contributed by atoms with van der Waals surface area (Å²) in [5, 5.41) is 5.05. The van der Waals surface area contributed by atoms with Crippen LogP contribution in [-0.4, -0.2) is 21.6 Å². The Bertz CT molecular complexity index is 919. The number of fused-ring (bicyclic) bond motifs is 1. The smallest absolute Gasteiger partial charge is 0.234 e. The minimum atomic E-state index is -0.135. The molecule has 0 aliphatic carbocycles. The van der Waals surface area contributed by atoms with Crippen molar-refractivity contribution in [3.63, 3.8) is 0 Å². The summed E-state index contributed by atoms with van der Waals surface area (Å²) in [5.41, 5.74) is 1.47. The number of nitrogens with zero attached hydrogens (tertiary/aromatic N) is 2. The van der Waals surface area contributed by atoms with Gasteiger partial charge in [0.1, 0.15) is 10.9 Å². The van der Waals surface area contributed by atoms with Gasteiger partial charge in [0.15, 0.2) is 0 Å². The van der Waals surface area contributed by atoms with Crippen molar-refractivity contribution < 1.29 is 4.79 Å². The Kier molecular flexibility index (Phi) is 5.38. The fourth-order valence-electron chi connectivity index (χ4n) is 2.18. The van der Waals surface area contributed by atoms with Gasteiger partial charge >= 0.3 is 0 Å². The highest BCUT2D eigenvalue weighted by Crippen LogP contribution is 2.27. The fourth-order valence-corrected chi connectivity index (χ4v) is 3.76. The van der Waals surface area contributed by atoms with Crippen molar-refractivity contribution in [2.24, 2.45) is 0 Å². The van der Waals surface area contributed by atoms with Crippen LogP contribution in [0.2, 0.25) is 5.02 Å². The van der Waals surface area contributed by atoms with E-state index < -0.39 is 0 Å². The maximum atomic E-state index is 12.2. The lowest BCUT2D eigenvalue weighted by Crippen LogP contribution is -2.14. The van der Waals surface area contributed by atoms with Gasteiger partial charge in [0, 0.05) is 9.86 Å². The number of thioether (sulfide) groups is 1. The average molecular weight is 423 g/mol. The van der Waals surface area contributed by atoms with E-state index in [1.165, 1.54) is 11.8 Å². The van der Waals surface area contributed by atoms with E-state index in [4.69, 9.17) is 11.6 Å². The normalized spacial score (nSPS) is 10.8. The fraction of sp³-hybridized carbons (Fsp3) is 0.118. The largest absolute Gasteiger partial charge is 0.324 e. The molecule has 7 heteroatoms. The molecule has 3 rings (SSSR count). The lowest BCUT2D eigenvalue weighted by molar-refractivity contribution is -0.113. The van der Waals surface area contributed by atoms with Gasteiger partial charge in [0.25, 0.3) is 0 Å². The number of carbonyl (C=O) groups is 1. The molecule has 1 amide bonds. The number of aromatic nitrogens is 2. The summed E-state index contributed by atoms with van der Waals surface area (Å²) in [4.78, 5) is 21.1. The van der Waals surface area contributed by atoms with Crippen LogP contribution in [0, 0.1) is 6.92 Å². The van der Waals surface area contributed by atoms with Gasteiger partial charge in [-0.25, -0.2) is 9.97 Å². The Morgan fingerprint density at radius 1 is 1.25 bits per heavy atom. The molecule has 4 nitrogen and oxygen atoms in total. The van der Waals surface area contributed by atoms with E-state index in [0.717, 1.165) is 20.4 Å². The van der Waals surface area contributed by atoms with Crippen LogP contribution in [0.5, 0.6) is 0 Å². The maximum Gasteiger partial charge on any atom is 0.234 e. The van der Waals surface area contributed by atoms with Gasteiger partial charge in [-0.1, -0.05) is 57.5 Å². The molecule has 0 saturated heterocycles. The summed E-state index contributed by atoms with van der Waals surface area (Å²) < 4.78 is 0.864. The SMILES string of the molecule is Cc1nc(SCC(=O)Nc2ccc(Br)cc2Cl)c2ccccc2n1. The van der Waals surface area contributed by atoms with E-state index in [1.54, 1.807) is 12.1 Å². The highest BCUT2D eigenvalue weighted by Gasteiger charge is 2.10. The molecule has 0 saturated carbocycles. The summed E-state index contributed by atoms with van der Waals surface area (Å²) in [6.45, 7) is 1.85. The number of nitrogens with one attached hydrogen (secondary N) is 1. The Hall–Kier alpha value is -1.63. The minimum Gasteiger partial charge on any atom is -0.324 e. The standard InChI is InChI=1S/C17H13BrClN3OS/c1-10-20-14-5-3-2-4-12(14)17(21-10)24-9-16(23)22-15-7-6-11(18)8-13(15)19/h2-8H,9H2,1H3,(H,22,23). The van der Waals surface area contributed by atoms with Gasteiger partial charge in [-0.3, -0.25) is 4.79 Å². The number of hydrogen-bond donors (Lipinski definition) is 1. The van der Waals surface area contributed by atoms with Crippen molar-refractivity contribution in [2.75, 3.05) is 11.1 Å². The Morgan fingerprint density at radius 3 is 2.83 bits per heavy atom. The summed E-state index contributed by atoms with van der Waals surface area (Å²) in [7, 11) is 0. The van der Waals surface area contributed by atoms with E-state index in [0.29, 0.717) is 16.5 Å². The molecule has 0 fully saturated rings. The zero-order valence-corrected chi connectivity index (χ0v) is 15.9. The van der Waals surface area contributed by atoms with E-state index in [1.807, 2.05) is 37.3 Å². The molecule has 0 unspecified atom stereocenters. The second-order valence-electron chi connectivity index (χ2n) is 5.05. The molecule has 0 radical (unpaired) electrons. The first-order chi connectivity index (χ1) is 11.5. The van der Waals surface area contributed by atoms with Gasteiger partial charge in [-0.05, 0) is 31.2 Å². The van der Waals surface area contributed by atoms with Crippen molar-refractivity contribution in [3.8, 4) is 0 Å². The first kappa shape index (κ1) is 17.2. The topological polar surface area (TPSA) is 54.9 Å². The number of carbonyl (C=O) groups excluding carboxylic acids is 1. The summed E-state index contributed by atoms with van der Waals surface area (Å²) in [5.74, 6) is 0.796. The van der Waals surface area contributed by atoms with Gasteiger partial charge in [0.2, 0.25) is 5.91 Å². The predicted octanol–water partition coefficient (Wildman–Crippen LogP) is 5.08. The Labute approximate surface area is 157 Å². The van der Waals surface area contributed by atoms with Gasteiger partial charge in [0.05, 0.1) is 22.0 Å². The summed E-state index contributed by atoms with van der Waals surface area (Å²) in [6.07, 6.45) is 0. The summed E-state index contributed by atoms with van der Waals surface area (Å²) >= 11 is 10.8. The zero-order valence-electron chi connectivity index (χ0n) is 12.7. The number of amides is 1. The molecule has 0 spiro atoms. The second kappa shape index (κ2) is 7.51. The van der Waals surface area contributed by atoms with Crippen LogP contribution >= 0.6 is 39.3 Å². The van der Waals surface area contributed by atoms with Crippen LogP contribution in [0.15, 0.2) is 52.0 Å². The van der Waals surface area contributed by atoms with Crippen LogP contribution in [0.25, 0.3) is 10.9 Å². The number of hydrogen-bond acceptors (Lipinski definition) is 4. The van der Waals surface area contributed by atoms with Crippen LogP contribution in [-0.2, 0) is 4.79 Å². The molecule has 1 heterocycles. The molecule has 24 heavy (non-hydrogen) atoms. The number of benzene rings is 2. The molecule has 0 bridgehead atoms. The third kappa shape index (κ3) is 4.06. The predicted molar refractivity (Wildman–Crippen MR) is 103 cm³/mol. The first-order valence-corrected chi connectivity index (χ1v) is 9.29. The first-order valence-electron chi connectivity index (χ1n) is 7.14. The number of halogens is 2. The van der Waals surface area contributed by atoms with Crippen LogP contribution in [0.4, 0.5) is 5.69 Å². The van der Waals surface area contributed by atoms with Crippen molar-refractivity contribution in [2.45, 2.75) is 11.9 Å². The molecular formula is C17H13BrClN3OS. The molecule has 2 aromatic carbocycles. The maximum absolute atomic E-state index is 12.2. The van der Waals surface area contributed by atoms with E-state index >= 15 is 0 Å². The lowest BCUT2D eigenvalue weighted by Gasteiger charge is -2.09. The number of anilines is 1. The number of rotatable bonds is 4. The molecular weight excluding hydrogens is 410 g/mol. The monoisotopic (exact) mass is 421 g/mol. The number of aryl methyl sites for hydroxylation is 1. The van der Waals surface area contributed by atoms with Gasteiger partial charge in [-0.2, -0.15) is 0 Å². The number of para-hydroxylation sites is 1. The Balaban J connectivity index is 1.73. The second-order valence-corrected chi connectivity index (χ2v) is 7.34.